The highest BCUT2D eigenvalue weighted by Crippen LogP contribution is 2.06. The molecule has 0 bridgehead atoms. The lowest BCUT2D eigenvalue weighted by Gasteiger charge is -2.19. The second kappa shape index (κ2) is 8.05. The van der Waals surface area contributed by atoms with Gasteiger partial charge in [0.15, 0.2) is 0 Å². The Hall–Kier alpha value is -1.52. The first kappa shape index (κ1) is 17.5. The van der Waals surface area contributed by atoms with Gasteiger partial charge in [-0.25, -0.2) is 13.9 Å². The number of carbonyl (C=O) groups excluding carboxylic acids is 1. The molecule has 1 N–H and O–H groups in total. The van der Waals surface area contributed by atoms with E-state index in [4.69, 9.17) is 4.74 Å². The Morgan fingerprint density at radius 3 is 2.67 bits per heavy atom. The normalized spacial score (nSPS) is 11.5. The van der Waals surface area contributed by atoms with Crippen molar-refractivity contribution < 1.29 is 14.1 Å². The highest BCUT2D eigenvalue weighted by atomic mass is 16.6. The van der Waals surface area contributed by atoms with Gasteiger partial charge >= 0.3 is 6.09 Å². The molecule has 1 rings (SSSR count). The summed E-state index contributed by atoms with van der Waals surface area (Å²) in [6, 6.07) is 0. The third-order valence-electron chi connectivity index (χ3n) is 3.14. The summed E-state index contributed by atoms with van der Waals surface area (Å²) in [4.78, 5) is 11.6. The number of nitrogens with one attached hydrogen (secondary N) is 1. The maximum Gasteiger partial charge on any atom is 0.407 e. The number of aromatic nitrogens is 2. The van der Waals surface area contributed by atoms with Crippen LogP contribution in [0.15, 0.2) is 12.5 Å². The number of nitrogens with zero attached hydrogens (tertiary/aromatic N) is 2. The van der Waals surface area contributed by atoms with Gasteiger partial charge in [-0.05, 0) is 34.1 Å². The molecule has 0 spiro atoms. The fourth-order valence-corrected chi connectivity index (χ4v) is 2.07. The number of hydrogen-bond donors (Lipinski definition) is 1. The summed E-state index contributed by atoms with van der Waals surface area (Å²) in [5.41, 5.74) is 0.803. The van der Waals surface area contributed by atoms with Crippen molar-refractivity contribution in [3.63, 3.8) is 0 Å². The number of alkyl carbamates (subject to hydrolysis) is 1. The second-order valence-corrected chi connectivity index (χ2v) is 6.29. The van der Waals surface area contributed by atoms with E-state index in [0.29, 0.717) is 6.54 Å². The van der Waals surface area contributed by atoms with Crippen molar-refractivity contribution in [3.05, 3.63) is 18.2 Å². The van der Waals surface area contributed by atoms with Crippen LogP contribution in [0.3, 0.4) is 0 Å². The van der Waals surface area contributed by atoms with Gasteiger partial charge in [-0.3, -0.25) is 0 Å². The Bertz CT molecular complexity index is 447. The summed E-state index contributed by atoms with van der Waals surface area (Å²) in [6.45, 7) is 12.5. The minimum absolute atomic E-state index is 0.350. The number of unbranched alkanes of at least 4 members (excludes halogenated alkanes) is 1. The number of rotatable bonds is 7. The Morgan fingerprint density at radius 2 is 2.10 bits per heavy atom. The maximum atomic E-state index is 11.6. The molecule has 0 unspecified atom stereocenters. The van der Waals surface area contributed by atoms with Crippen LogP contribution < -0.4 is 9.88 Å². The molecule has 0 saturated heterocycles. The molecule has 0 aromatic carbocycles. The zero-order valence-electron chi connectivity index (χ0n) is 14.1. The number of aryl methyl sites for hydroxylation is 2. The average molecular weight is 296 g/mol. The summed E-state index contributed by atoms with van der Waals surface area (Å²) < 4.78 is 9.70. The van der Waals surface area contributed by atoms with E-state index in [-0.39, 0.29) is 6.09 Å². The third-order valence-corrected chi connectivity index (χ3v) is 3.14. The summed E-state index contributed by atoms with van der Waals surface area (Å²) in [5, 5.41) is 2.81. The van der Waals surface area contributed by atoms with E-state index < -0.39 is 5.60 Å². The van der Waals surface area contributed by atoms with Crippen molar-refractivity contribution >= 4 is 6.09 Å². The van der Waals surface area contributed by atoms with Crippen molar-refractivity contribution in [1.29, 1.82) is 0 Å². The van der Waals surface area contributed by atoms with E-state index in [9.17, 15) is 4.79 Å². The van der Waals surface area contributed by atoms with E-state index in [1.807, 2.05) is 20.8 Å². The van der Waals surface area contributed by atoms with Gasteiger partial charge < -0.3 is 10.1 Å². The second-order valence-electron chi connectivity index (χ2n) is 6.29. The van der Waals surface area contributed by atoms with Crippen LogP contribution in [-0.2, 0) is 24.2 Å². The molecular weight excluding hydrogens is 266 g/mol. The van der Waals surface area contributed by atoms with Gasteiger partial charge in [0.2, 0.25) is 6.33 Å². The van der Waals surface area contributed by atoms with Crippen LogP contribution in [0.5, 0.6) is 0 Å². The molecule has 21 heavy (non-hydrogen) atoms. The molecule has 5 heteroatoms. The van der Waals surface area contributed by atoms with Crippen LogP contribution >= 0.6 is 0 Å². The van der Waals surface area contributed by atoms with E-state index >= 15 is 0 Å². The van der Waals surface area contributed by atoms with Crippen molar-refractivity contribution in [2.45, 2.75) is 72.6 Å². The molecule has 0 aliphatic heterocycles. The minimum atomic E-state index is -0.448. The minimum Gasteiger partial charge on any atom is -0.444 e. The monoisotopic (exact) mass is 296 g/mol. The van der Waals surface area contributed by atoms with Crippen LogP contribution in [0, 0.1) is 0 Å². The summed E-state index contributed by atoms with van der Waals surface area (Å²) in [5.74, 6) is 0. The van der Waals surface area contributed by atoms with Crippen molar-refractivity contribution in [2.75, 3.05) is 6.54 Å². The topological polar surface area (TPSA) is 47.1 Å². The number of hydrogen-bond acceptors (Lipinski definition) is 2. The average Bonchev–Trinajstić information content (AvgIpc) is 2.76. The fourth-order valence-electron chi connectivity index (χ4n) is 2.07. The fraction of sp³-hybridized carbons (Fsp3) is 0.750. The largest absolute Gasteiger partial charge is 0.444 e. The van der Waals surface area contributed by atoms with Crippen LogP contribution in [0.25, 0.3) is 0 Å². The van der Waals surface area contributed by atoms with Gasteiger partial charge in [-0.15, -0.1) is 0 Å². The zero-order valence-corrected chi connectivity index (χ0v) is 14.1. The quantitative estimate of drug-likeness (QED) is 0.786. The predicted octanol–water partition coefficient (Wildman–Crippen LogP) is 2.66. The van der Waals surface area contributed by atoms with Gasteiger partial charge in [-0.1, -0.05) is 13.3 Å². The third kappa shape index (κ3) is 6.65. The summed E-state index contributed by atoms with van der Waals surface area (Å²) >= 11 is 0. The first-order chi connectivity index (χ1) is 9.85. The Balaban J connectivity index is 2.50. The molecule has 1 aromatic rings. The van der Waals surface area contributed by atoms with Crippen LogP contribution in [0.2, 0.25) is 0 Å². The lowest BCUT2D eigenvalue weighted by atomic mass is 10.2. The summed E-state index contributed by atoms with van der Waals surface area (Å²) in [7, 11) is 0. The first-order valence-corrected chi connectivity index (χ1v) is 7.90. The molecule has 0 saturated carbocycles. The molecule has 0 atom stereocenters. The van der Waals surface area contributed by atoms with Crippen LogP contribution in [0.1, 0.15) is 53.2 Å². The number of ether oxygens (including phenoxy) is 1. The molecule has 120 valence electrons. The van der Waals surface area contributed by atoms with E-state index in [1.54, 1.807) is 0 Å². The predicted molar refractivity (Wildman–Crippen MR) is 83.1 cm³/mol. The summed E-state index contributed by atoms with van der Waals surface area (Å²) in [6.07, 6.45) is 7.13. The molecule has 0 aliphatic carbocycles. The van der Waals surface area contributed by atoms with Crippen LogP contribution in [0.4, 0.5) is 4.79 Å². The zero-order chi connectivity index (χ0) is 15.9. The highest BCUT2D eigenvalue weighted by Gasteiger charge is 2.17. The molecule has 1 heterocycles. The van der Waals surface area contributed by atoms with Crippen molar-refractivity contribution in [1.82, 2.24) is 9.88 Å². The molecule has 0 fully saturated rings. The van der Waals surface area contributed by atoms with Gasteiger partial charge in [0.1, 0.15) is 17.5 Å². The highest BCUT2D eigenvalue weighted by molar-refractivity contribution is 5.67. The van der Waals surface area contributed by atoms with E-state index in [1.165, 1.54) is 18.5 Å². The number of imidazole rings is 1. The van der Waals surface area contributed by atoms with Gasteiger partial charge in [-0.2, -0.15) is 0 Å². The Morgan fingerprint density at radius 1 is 1.38 bits per heavy atom. The van der Waals surface area contributed by atoms with Gasteiger partial charge in [0.05, 0.1) is 13.1 Å². The molecule has 1 aromatic heterocycles. The van der Waals surface area contributed by atoms with Crippen molar-refractivity contribution in [2.24, 2.45) is 0 Å². The Labute approximate surface area is 128 Å². The molecule has 5 nitrogen and oxygen atoms in total. The molecule has 0 radical (unpaired) electrons. The van der Waals surface area contributed by atoms with E-state index in [2.05, 4.69) is 40.8 Å². The lowest BCUT2D eigenvalue weighted by Crippen LogP contribution is -2.33. The first-order valence-electron chi connectivity index (χ1n) is 7.90. The smallest absolute Gasteiger partial charge is 0.407 e. The van der Waals surface area contributed by atoms with E-state index in [0.717, 1.165) is 19.5 Å². The van der Waals surface area contributed by atoms with Crippen LogP contribution in [-0.4, -0.2) is 22.8 Å². The number of carbonyl (C=O) groups is 1. The molecular formula is C16H30N3O2+. The van der Waals surface area contributed by atoms with Gasteiger partial charge in [0.25, 0.3) is 0 Å². The van der Waals surface area contributed by atoms with Gasteiger partial charge in [0, 0.05) is 13.0 Å². The Kier molecular flexibility index (Phi) is 6.72. The SMILES string of the molecule is CCCCn1c[n+](CC)cc1CCNC(=O)OC(C)(C)C. The lowest BCUT2D eigenvalue weighted by molar-refractivity contribution is -0.693. The number of amides is 1. The molecule has 0 aliphatic rings. The standard InChI is InChI=1S/C16H29N3O2/c1-6-8-11-19-13-18(7-2)12-14(19)9-10-17-15(20)21-16(3,4)5/h12-13H,6-11H2,1-5H3/p+1. The molecule has 1 amide bonds. The van der Waals surface area contributed by atoms with Crippen molar-refractivity contribution in [3.8, 4) is 0 Å². The maximum absolute atomic E-state index is 11.6.